The molecule has 0 spiro atoms. The molecule has 2 rings (SSSR count). The zero-order chi connectivity index (χ0) is 13.2. The average molecular weight is 274 g/mol. The number of hydrogen-bond donors (Lipinski definition) is 0. The van der Waals surface area contributed by atoms with E-state index >= 15 is 0 Å². The monoisotopic (exact) mass is 274 g/mol. The van der Waals surface area contributed by atoms with Gasteiger partial charge in [0.15, 0.2) is 0 Å². The molecule has 0 aromatic rings. The summed E-state index contributed by atoms with van der Waals surface area (Å²) in [4.78, 5) is 0. The van der Waals surface area contributed by atoms with Crippen LogP contribution in [0.25, 0.3) is 0 Å². The van der Waals surface area contributed by atoms with Gasteiger partial charge in [0, 0.05) is 0 Å². The second kappa shape index (κ2) is 9.66. The van der Waals surface area contributed by atoms with E-state index in [1.54, 1.807) is 0 Å². The third kappa shape index (κ3) is 6.19. The quantitative estimate of drug-likeness (QED) is 0.668. The van der Waals surface area contributed by atoms with Gasteiger partial charge in [0.1, 0.15) is 0 Å². The first kappa shape index (κ1) is 15.2. The fourth-order valence-corrected chi connectivity index (χ4v) is 2.50. The molecule has 5 nitrogen and oxygen atoms in total. The van der Waals surface area contributed by atoms with Gasteiger partial charge >= 0.3 is 0 Å². The summed E-state index contributed by atoms with van der Waals surface area (Å²) < 4.78 is 28.1. The molecule has 1 saturated carbocycles. The van der Waals surface area contributed by atoms with Gasteiger partial charge in [-0.2, -0.15) is 0 Å². The van der Waals surface area contributed by atoms with Crippen molar-refractivity contribution in [3.8, 4) is 0 Å². The lowest BCUT2D eigenvalue weighted by Gasteiger charge is -2.31. The van der Waals surface area contributed by atoms with Crippen molar-refractivity contribution in [2.24, 2.45) is 0 Å². The Bertz CT molecular complexity index is 202. The van der Waals surface area contributed by atoms with E-state index in [0.717, 1.165) is 12.8 Å². The normalized spacial score (nSPS) is 32.8. The zero-order valence-electron chi connectivity index (χ0n) is 11.7. The van der Waals surface area contributed by atoms with Crippen LogP contribution in [0.3, 0.4) is 0 Å². The molecule has 2 aliphatic rings. The number of ether oxygens (including phenoxy) is 5. The van der Waals surface area contributed by atoms with Crippen LogP contribution in [0.5, 0.6) is 0 Å². The van der Waals surface area contributed by atoms with Gasteiger partial charge in [0.05, 0.1) is 65.1 Å². The molecule has 0 amide bonds. The predicted molar refractivity (Wildman–Crippen MR) is 70.4 cm³/mol. The minimum atomic E-state index is 0.221. The maximum Gasteiger partial charge on any atom is 0.0837 e. The smallest absolute Gasteiger partial charge is 0.0837 e. The van der Waals surface area contributed by atoms with E-state index in [-0.39, 0.29) is 12.2 Å². The van der Waals surface area contributed by atoms with Crippen LogP contribution in [0.15, 0.2) is 0 Å². The minimum absolute atomic E-state index is 0.221. The molecule has 5 heteroatoms. The predicted octanol–water partition coefficient (Wildman–Crippen LogP) is 1.39. The first-order valence-electron chi connectivity index (χ1n) is 7.43. The Hall–Kier alpha value is -0.200. The van der Waals surface area contributed by atoms with E-state index in [9.17, 15) is 0 Å². The zero-order valence-corrected chi connectivity index (χ0v) is 11.7. The molecule has 112 valence electrons. The highest BCUT2D eigenvalue weighted by Gasteiger charge is 2.26. The fourth-order valence-electron chi connectivity index (χ4n) is 2.50. The molecule has 0 N–H and O–H groups in total. The molecule has 0 aromatic carbocycles. The van der Waals surface area contributed by atoms with Gasteiger partial charge in [-0.1, -0.05) is 12.8 Å². The average Bonchev–Trinajstić information content (AvgIpc) is 2.45. The number of fused-ring (bicyclic) bond motifs is 1. The molecular weight excluding hydrogens is 248 g/mol. The van der Waals surface area contributed by atoms with Gasteiger partial charge < -0.3 is 23.7 Å². The van der Waals surface area contributed by atoms with Gasteiger partial charge in [0.25, 0.3) is 0 Å². The molecule has 1 aliphatic heterocycles. The van der Waals surface area contributed by atoms with Crippen molar-refractivity contribution >= 4 is 0 Å². The Kier molecular flexibility index (Phi) is 7.73. The summed E-state index contributed by atoms with van der Waals surface area (Å²) >= 11 is 0. The van der Waals surface area contributed by atoms with Crippen molar-refractivity contribution in [2.75, 3.05) is 52.9 Å². The topological polar surface area (TPSA) is 46.2 Å². The third-order valence-electron chi connectivity index (χ3n) is 3.51. The summed E-state index contributed by atoms with van der Waals surface area (Å²) in [5.41, 5.74) is 0. The Balaban J connectivity index is 1.74. The van der Waals surface area contributed by atoms with Crippen LogP contribution in [0.2, 0.25) is 0 Å². The second-order valence-corrected chi connectivity index (χ2v) is 4.94. The van der Waals surface area contributed by atoms with Crippen LogP contribution in [-0.2, 0) is 23.7 Å². The summed E-state index contributed by atoms with van der Waals surface area (Å²) in [5.74, 6) is 0. The van der Waals surface area contributed by atoms with E-state index in [0.29, 0.717) is 52.9 Å². The first-order chi connectivity index (χ1) is 9.47. The Labute approximate surface area is 115 Å². The molecular formula is C14H26O5. The van der Waals surface area contributed by atoms with Crippen molar-refractivity contribution in [3.05, 3.63) is 0 Å². The molecule has 1 heterocycles. The van der Waals surface area contributed by atoms with Crippen LogP contribution < -0.4 is 0 Å². The van der Waals surface area contributed by atoms with Crippen molar-refractivity contribution in [2.45, 2.75) is 37.9 Å². The Morgan fingerprint density at radius 3 is 1.26 bits per heavy atom. The standard InChI is InChI=1S/C14H26O5/c1-2-4-14-13(3-1)18-11-9-16-7-5-15-6-8-17-10-12-19-14/h13-14H,1-12H2/t13-,14+. The minimum Gasteiger partial charge on any atom is -0.377 e. The fraction of sp³-hybridized carbons (Fsp3) is 1.00. The number of rotatable bonds is 0. The Morgan fingerprint density at radius 2 is 0.842 bits per heavy atom. The molecule has 0 unspecified atom stereocenters. The van der Waals surface area contributed by atoms with Gasteiger partial charge in [0.2, 0.25) is 0 Å². The SMILES string of the molecule is C1CC[C@H]2OCCOCCOCCOCCO[C@H]2C1. The highest BCUT2D eigenvalue weighted by molar-refractivity contribution is 4.76. The van der Waals surface area contributed by atoms with Crippen LogP contribution in [0.1, 0.15) is 25.7 Å². The summed E-state index contributed by atoms with van der Waals surface area (Å²) in [6.45, 7) is 5.01. The van der Waals surface area contributed by atoms with E-state index < -0.39 is 0 Å². The van der Waals surface area contributed by atoms with Crippen molar-refractivity contribution in [1.29, 1.82) is 0 Å². The van der Waals surface area contributed by atoms with Gasteiger partial charge in [-0.05, 0) is 12.8 Å². The van der Waals surface area contributed by atoms with Gasteiger partial charge in [-0.15, -0.1) is 0 Å². The molecule has 1 aliphatic carbocycles. The number of hydrogen-bond acceptors (Lipinski definition) is 5. The van der Waals surface area contributed by atoms with Crippen LogP contribution >= 0.6 is 0 Å². The van der Waals surface area contributed by atoms with Crippen molar-refractivity contribution in [1.82, 2.24) is 0 Å². The molecule has 2 fully saturated rings. The maximum absolute atomic E-state index is 5.89. The lowest BCUT2D eigenvalue weighted by atomic mass is 9.94. The van der Waals surface area contributed by atoms with E-state index in [4.69, 9.17) is 23.7 Å². The van der Waals surface area contributed by atoms with Crippen LogP contribution in [0, 0.1) is 0 Å². The summed E-state index contributed by atoms with van der Waals surface area (Å²) in [5, 5.41) is 0. The van der Waals surface area contributed by atoms with E-state index in [1.807, 2.05) is 0 Å². The lowest BCUT2D eigenvalue weighted by molar-refractivity contribution is -0.108. The summed E-state index contributed by atoms with van der Waals surface area (Å²) in [6, 6.07) is 0. The molecule has 0 radical (unpaired) electrons. The summed E-state index contributed by atoms with van der Waals surface area (Å²) in [7, 11) is 0. The Morgan fingerprint density at radius 1 is 0.474 bits per heavy atom. The van der Waals surface area contributed by atoms with Crippen molar-refractivity contribution < 1.29 is 23.7 Å². The van der Waals surface area contributed by atoms with Crippen molar-refractivity contribution in [3.63, 3.8) is 0 Å². The first-order valence-corrected chi connectivity index (χ1v) is 7.43. The largest absolute Gasteiger partial charge is 0.377 e. The second-order valence-electron chi connectivity index (χ2n) is 4.94. The molecule has 19 heavy (non-hydrogen) atoms. The summed E-state index contributed by atoms with van der Waals surface area (Å²) in [6.07, 6.45) is 5.09. The van der Waals surface area contributed by atoms with Gasteiger partial charge in [-0.25, -0.2) is 0 Å². The lowest BCUT2D eigenvalue weighted by Crippen LogP contribution is -2.36. The molecule has 0 aromatic heterocycles. The van der Waals surface area contributed by atoms with Gasteiger partial charge in [-0.3, -0.25) is 0 Å². The highest BCUT2D eigenvalue weighted by Crippen LogP contribution is 2.23. The van der Waals surface area contributed by atoms with E-state index in [2.05, 4.69) is 0 Å². The molecule has 1 saturated heterocycles. The third-order valence-corrected chi connectivity index (χ3v) is 3.51. The highest BCUT2D eigenvalue weighted by atomic mass is 16.6. The van der Waals surface area contributed by atoms with Crippen LogP contribution in [0.4, 0.5) is 0 Å². The molecule has 2 atom stereocenters. The molecule has 0 bridgehead atoms. The van der Waals surface area contributed by atoms with E-state index in [1.165, 1.54) is 12.8 Å². The maximum atomic E-state index is 5.89. The van der Waals surface area contributed by atoms with Crippen LogP contribution in [-0.4, -0.2) is 65.1 Å².